The molecule has 2 aromatic carbocycles. The van der Waals surface area contributed by atoms with Gasteiger partial charge in [0.25, 0.3) is 0 Å². The molecule has 0 aliphatic rings. The molecule has 0 aromatic heterocycles. The Morgan fingerprint density at radius 1 is 0.920 bits per heavy atom. The van der Waals surface area contributed by atoms with Gasteiger partial charge < -0.3 is 9.47 Å². The molecule has 0 saturated carbocycles. The monoisotopic (exact) mass is 338 g/mol. The average molecular weight is 338 g/mol. The van der Waals surface area contributed by atoms with E-state index in [4.69, 9.17) is 9.47 Å². The zero-order chi connectivity index (χ0) is 18.2. The number of ether oxygens (including phenoxy) is 2. The first kappa shape index (κ1) is 18.5. The van der Waals surface area contributed by atoms with Crippen LogP contribution in [-0.2, 0) is 19.1 Å². The van der Waals surface area contributed by atoms with Gasteiger partial charge in [-0.05, 0) is 18.1 Å². The van der Waals surface area contributed by atoms with E-state index in [-0.39, 0.29) is 18.0 Å². The van der Waals surface area contributed by atoms with Gasteiger partial charge in [0.2, 0.25) is 0 Å². The van der Waals surface area contributed by atoms with Crippen molar-refractivity contribution in [1.29, 1.82) is 0 Å². The van der Waals surface area contributed by atoms with E-state index in [0.29, 0.717) is 0 Å². The van der Waals surface area contributed by atoms with Crippen LogP contribution < -0.4 is 0 Å². The van der Waals surface area contributed by atoms with Crippen LogP contribution in [0.1, 0.15) is 37.5 Å². The molecular weight excluding hydrogens is 316 g/mol. The molecule has 0 N–H and O–H groups in total. The lowest BCUT2D eigenvalue weighted by Gasteiger charge is -2.21. The van der Waals surface area contributed by atoms with Crippen molar-refractivity contribution in [2.24, 2.45) is 0 Å². The topological polar surface area (TPSA) is 52.6 Å². The molecule has 2 rings (SSSR count). The summed E-state index contributed by atoms with van der Waals surface area (Å²) in [6.07, 6.45) is -1.04. The summed E-state index contributed by atoms with van der Waals surface area (Å²) >= 11 is 0. The normalized spacial score (nSPS) is 11.6. The third kappa shape index (κ3) is 5.05. The van der Waals surface area contributed by atoms with Gasteiger partial charge in [0.1, 0.15) is 6.10 Å². The summed E-state index contributed by atoms with van der Waals surface area (Å²) in [7, 11) is 0. The quantitative estimate of drug-likeness (QED) is 0.560. The lowest BCUT2D eigenvalue weighted by Crippen LogP contribution is -2.24. The van der Waals surface area contributed by atoms with Gasteiger partial charge in [-0.15, -0.1) is 0 Å². The van der Waals surface area contributed by atoms with Crippen molar-refractivity contribution in [3.8, 4) is 0 Å². The Hall–Kier alpha value is -2.88. The van der Waals surface area contributed by atoms with E-state index in [9.17, 15) is 9.59 Å². The van der Waals surface area contributed by atoms with Crippen LogP contribution in [0.3, 0.4) is 0 Å². The lowest BCUT2D eigenvalue weighted by atomic mass is 10.0. The predicted molar refractivity (Wildman–Crippen MR) is 95.8 cm³/mol. The Morgan fingerprint density at radius 3 is 1.84 bits per heavy atom. The lowest BCUT2D eigenvalue weighted by molar-refractivity contribution is -0.149. The van der Waals surface area contributed by atoms with Crippen LogP contribution in [0.2, 0.25) is 0 Å². The first-order chi connectivity index (χ1) is 12.0. The molecule has 0 radical (unpaired) electrons. The zero-order valence-electron chi connectivity index (χ0n) is 14.5. The molecular formula is C21H22O4. The maximum atomic E-state index is 12.5. The number of carbonyl (C=O) groups is 2. The second-order valence-electron chi connectivity index (χ2n) is 5.62. The molecule has 130 valence electrons. The minimum Gasteiger partial charge on any atom is -0.458 e. The molecule has 0 amide bonds. The highest BCUT2D eigenvalue weighted by molar-refractivity contribution is 5.89. The van der Waals surface area contributed by atoms with Crippen LogP contribution in [0.5, 0.6) is 0 Å². The molecule has 0 aliphatic heterocycles. The van der Waals surface area contributed by atoms with Gasteiger partial charge in [0.15, 0.2) is 6.10 Å². The molecule has 4 heteroatoms. The fraction of sp³-hybridized carbons (Fsp3) is 0.238. The van der Waals surface area contributed by atoms with Gasteiger partial charge in [-0.2, -0.15) is 0 Å². The van der Waals surface area contributed by atoms with Crippen molar-refractivity contribution in [3.05, 3.63) is 83.9 Å². The summed E-state index contributed by atoms with van der Waals surface area (Å²) in [6.45, 7) is 7.03. The Balaban J connectivity index is 2.18. The highest BCUT2D eigenvalue weighted by Crippen LogP contribution is 2.27. The first-order valence-electron chi connectivity index (χ1n) is 8.22. The van der Waals surface area contributed by atoms with Crippen LogP contribution in [0.4, 0.5) is 0 Å². The molecule has 1 atom stereocenters. The van der Waals surface area contributed by atoms with Crippen LogP contribution >= 0.6 is 0 Å². The van der Waals surface area contributed by atoms with Crippen LogP contribution in [0, 0.1) is 0 Å². The van der Waals surface area contributed by atoms with Crippen molar-refractivity contribution in [2.45, 2.75) is 32.5 Å². The van der Waals surface area contributed by atoms with Gasteiger partial charge in [-0.1, -0.05) is 74.2 Å². The van der Waals surface area contributed by atoms with Crippen molar-refractivity contribution >= 4 is 11.9 Å². The minimum atomic E-state index is -0.729. The summed E-state index contributed by atoms with van der Waals surface area (Å²) in [4.78, 5) is 23.9. The van der Waals surface area contributed by atoms with E-state index in [1.165, 1.54) is 0 Å². The standard InChI is InChI=1S/C21H22O4/c1-4-19(22)24-16(3)15(2)21(23)25-20(17-11-7-5-8-12-17)18-13-9-6-10-14-18/h5-14,16,20H,2,4H2,1,3H3/t16-/m0/s1. The number of hydrogen-bond acceptors (Lipinski definition) is 4. The molecule has 0 saturated heterocycles. The molecule has 0 aliphatic carbocycles. The van der Waals surface area contributed by atoms with Crippen molar-refractivity contribution in [2.75, 3.05) is 0 Å². The second kappa shape index (κ2) is 8.83. The number of rotatable bonds is 7. The van der Waals surface area contributed by atoms with Crippen molar-refractivity contribution in [3.63, 3.8) is 0 Å². The first-order valence-corrected chi connectivity index (χ1v) is 8.22. The summed E-state index contributed by atoms with van der Waals surface area (Å²) in [5.74, 6) is -0.974. The van der Waals surface area contributed by atoms with Gasteiger partial charge >= 0.3 is 11.9 Å². The molecule has 0 unspecified atom stereocenters. The second-order valence-corrected chi connectivity index (χ2v) is 5.62. The maximum Gasteiger partial charge on any atom is 0.338 e. The SMILES string of the molecule is C=C(C(=O)OC(c1ccccc1)c1ccccc1)[C@H](C)OC(=O)CC. The van der Waals surface area contributed by atoms with Gasteiger partial charge in [0.05, 0.1) is 5.57 Å². The van der Waals surface area contributed by atoms with E-state index >= 15 is 0 Å². The van der Waals surface area contributed by atoms with Crippen molar-refractivity contribution in [1.82, 2.24) is 0 Å². The molecule has 0 fully saturated rings. The van der Waals surface area contributed by atoms with Gasteiger partial charge in [0, 0.05) is 6.42 Å². The summed E-state index contributed by atoms with van der Waals surface area (Å²) in [6, 6.07) is 18.9. The Kier molecular flexibility index (Phi) is 6.52. The number of esters is 2. The number of benzene rings is 2. The van der Waals surface area contributed by atoms with Gasteiger partial charge in [-0.3, -0.25) is 4.79 Å². The van der Waals surface area contributed by atoms with Crippen LogP contribution in [-0.4, -0.2) is 18.0 Å². The third-order valence-electron chi connectivity index (χ3n) is 3.78. The highest BCUT2D eigenvalue weighted by atomic mass is 16.6. The Labute approximate surface area is 148 Å². The van der Waals surface area contributed by atoms with E-state index < -0.39 is 18.2 Å². The molecule has 0 spiro atoms. The third-order valence-corrected chi connectivity index (χ3v) is 3.78. The fourth-order valence-corrected chi connectivity index (χ4v) is 2.28. The van der Waals surface area contributed by atoms with Gasteiger partial charge in [-0.25, -0.2) is 4.79 Å². The molecule has 0 heterocycles. The van der Waals surface area contributed by atoms with E-state index in [2.05, 4.69) is 6.58 Å². The molecule has 2 aromatic rings. The molecule has 25 heavy (non-hydrogen) atoms. The maximum absolute atomic E-state index is 12.5. The molecule has 4 nitrogen and oxygen atoms in total. The minimum absolute atomic E-state index is 0.110. The summed E-state index contributed by atoms with van der Waals surface area (Å²) < 4.78 is 10.8. The largest absolute Gasteiger partial charge is 0.458 e. The van der Waals surface area contributed by atoms with E-state index in [1.807, 2.05) is 60.7 Å². The molecule has 0 bridgehead atoms. The number of carbonyl (C=O) groups excluding carboxylic acids is 2. The Morgan fingerprint density at radius 2 is 1.40 bits per heavy atom. The summed E-state index contributed by atoms with van der Waals surface area (Å²) in [5, 5.41) is 0. The fourth-order valence-electron chi connectivity index (χ4n) is 2.28. The smallest absolute Gasteiger partial charge is 0.338 e. The van der Waals surface area contributed by atoms with Crippen LogP contribution in [0.15, 0.2) is 72.8 Å². The van der Waals surface area contributed by atoms with E-state index in [1.54, 1.807) is 13.8 Å². The highest BCUT2D eigenvalue weighted by Gasteiger charge is 2.24. The average Bonchev–Trinajstić information content (AvgIpc) is 2.66. The predicted octanol–water partition coefficient (Wildman–Crippen LogP) is 4.22. The van der Waals surface area contributed by atoms with E-state index in [0.717, 1.165) is 11.1 Å². The zero-order valence-corrected chi connectivity index (χ0v) is 14.5. The summed E-state index contributed by atoms with van der Waals surface area (Å²) in [5.41, 5.74) is 1.82. The number of hydrogen-bond donors (Lipinski definition) is 0. The Bertz CT molecular complexity index is 683. The van der Waals surface area contributed by atoms with Crippen LogP contribution in [0.25, 0.3) is 0 Å². The van der Waals surface area contributed by atoms with Crippen molar-refractivity contribution < 1.29 is 19.1 Å².